The molecule has 0 atom stereocenters. The van der Waals surface area contributed by atoms with Crippen molar-refractivity contribution in [3.63, 3.8) is 0 Å². The van der Waals surface area contributed by atoms with E-state index in [4.69, 9.17) is 6.42 Å². The molecule has 1 aliphatic heterocycles. The zero-order valence-electron chi connectivity index (χ0n) is 8.69. The highest BCUT2D eigenvalue weighted by atomic mass is 16.6. The zero-order valence-corrected chi connectivity index (χ0v) is 8.69. The van der Waals surface area contributed by atoms with Gasteiger partial charge in [0.05, 0.1) is 11.1 Å². The second-order valence-electron chi connectivity index (χ2n) is 3.72. The molecule has 3 nitrogen and oxygen atoms in total. The van der Waals surface area contributed by atoms with Crippen LogP contribution in [-0.2, 0) is 4.74 Å². The molecule has 0 bridgehead atoms. The van der Waals surface area contributed by atoms with Crippen molar-refractivity contribution in [2.24, 2.45) is 0 Å². The van der Waals surface area contributed by atoms with Crippen LogP contribution < -0.4 is 0 Å². The fraction of sp³-hybridized carbons (Fsp3) is 0. The molecule has 0 N–H and O–H groups in total. The third-order valence-electron chi connectivity index (χ3n) is 2.80. The fourth-order valence-electron chi connectivity index (χ4n) is 2.07. The molecular weight excluding hydrogens is 216 g/mol. The van der Waals surface area contributed by atoms with Gasteiger partial charge in [0.1, 0.15) is 0 Å². The zero-order chi connectivity index (χ0) is 12.0. The number of benzene rings is 2. The Morgan fingerprint density at radius 2 is 1.76 bits per heavy atom. The van der Waals surface area contributed by atoms with Gasteiger partial charge in [0.25, 0.3) is 0 Å². The first-order valence-corrected chi connectivity index (χ1v) is 5.01. The summed E-state index contributed by atoms with van der Waals surface area (Å²) in [5.41, 5.74) is 0.881. The molecule has 1 heterocycles. The van der Waals surface area contributed by atoms with Crippen LogP contribution in [-0.4, -0.2) is 11.9 Å². The first-order valence-electron chi connectivity index (χ1n) is 5.01. The predicted molar refractivity (Wildman–Crippen MR) is 61.6 cm³/mol. The molecular formula is C14H6O3. The number of ether oxygens (including phenoxy) is 1. The summed E-state index contributed by atoms with van der Waals surface area (Å²) in [6.45, 7) is 0. The number of hydrogen-bond acceptors (Lipinski definition) is 3. The Morgan fingerprint density at radius 1 is 1.06 bits per heavy atom. The minimum Gasteiger partial charge on any atom is -0.386 e. The minimum atomic E-state index is -0.663. The number of terminal acetylenes is 1. The first kappa shape index (κ1) is 9.61. The van der Waals surface area contributed by atoms with Gasteiger partial charge in [-0.3, -0.25) is 0 Å². The topological polar surface area (TPSA) is 43.4 Å². The van der Waals surface area contributed by atoms with E-state index in [1.807, 2.05) is 12.1 Å². The molecule has 3 rings (SSSR count). The lowest BCUT2D eigenvalue weighted by Gasteiger charge is -2.03. The molecule has 2 aromatic rings. The van der Waals surface area contributed by atoms with Crippen LogP contribution in [0.5, 0.6) is 0 Å². The Morgan fingerprint density at radius 3 is 2.53 bits per heavy atom. The van der Waals surface area contributed by atoms with Gasteiger partial charge in [0.2, 0.25) is 0 Å². The molecule has 0 aliphatic carbocycles. The van der Waals surface area contributed by atoms with Crippen molar-refractivity contribution in [3.05, 3.63) is 47.0 Å². The Kier molecular flexibility index (Phi) is 1.81. The van der Waals surface area contributed by atoms with Gasteiger partial charge in [-0.25, -0.2) is 9.59 Å². The van der Waals surface area contributed by atoms with Crippen molar-refractivity contribution in [2.75, 3.05) is 0 Å². The van der Waals surface area contributed by atoms with Gasteiger partial charge >= 0.3 is 11.9 Å². The van der Waals surface area contributed by atoms with Gasteiger partial charge in [-0.2, -0.15) is 0 Å². The number of carbonyl (C=O) groups is 2. The van der Waals surface area contributed by atoms with E-state index in [1.165, 1.54) is 0 Å². The lowest BCUT2D eigenvalue weighted by Crippen LogP contribution is -1.98. The van der Waals surface area contributed by atoms with E-state index in [2.05, 4.69) is 10.7 Å². The summed E-state index contributed by atoms with van der Waals surface area (Å²) in [6.07, 6.45) is 5.35. The van der Waals surface area contributed by atoms with Gasteiger partial charge in [0.15, 0.2) is 0 Å². The van der Waals surface area contributed by atoms with Crippen molar-refractivity contribution < 1.29 is 14.3 Å². The van der Waals surface area contributed by atoms with Crippen molar-refractivity contribution >= 4 is 22.7 Å². The third kappa shape index (κ3) is 1.18. The largest absolute Gasteiger partial charge is 0.386 e. The maximum Gasteiger partial charge on any atom is 0.348 e. The van der Waals surface area contributed by atoms with E-state index in [9.17, 15) is 9.59 Å². The van der Waals surface area contributed by atoms with Crippen LogP contribution in [0.3, 0.4) is 0 Å². The first-order chi connectivity index (χ1) is 8.22. The third-order valence-corrected chi connectivity index (χ3v) is 2.80. The second kappa shape index (κ2) is 3.19. The van der Waals surface area contributed by atoms with E-state index in [0.29, 0.717) is 10.9 Å². The Hall–Kier alpha value is -2.60. The maximum atomic E-state index is 11.6. The quantitative estimate of drug-likeness (QED) is 0.389. The molecule has 0 unspecified atom stereocenters. The Labute approximate surface area is 97.0 Å². The predicted octanol–water partition coefficient (Wildman–Crippen LogP) is 2.13. The number of carbonyl (C=O) groups excluding carboxylic acids is 2. The summed E-state index contributed by atoms with van der Waals surface area (Å²) < 4.78 is 4.61. The van der Waals surface area contributed by atoms with Crippen LogP contribution in [0.4, 0.5) is 0 Å². The molecule has 0 saturated heterocycles. The molecule has 2 aromatic carbocycles. The number of cyclic esters (lactones) is 2. The Balaban J connectivity index is 2.56. The summed E-state index contributed by atoms with van der Waals surface area (Å²) in [6, 6.07) is 8.97. The van der Waals surface area contributed by atoms with Crippen molar-refractivity contribution in [3.8, 4) is 12.3 Å². The minimum absolute atomic E-state index is 0.205. The maximum absolute atomic E-state index is 11.6. The molecule has 80 valence electrons. The average molecular weight is 222 g/mol. The monoisotopic (exact) mass is 222 g/mol. The van der Waals surface area contributed by atoms with E-state index in [0.717, 1.165) is 5.39 Å². The summed E-state index contributed by atoms with van der Waals surface area (Å²) in [7, 11) is 0. The number of esters is 2. The van der Waals surface area contributed by atoms with Gasteiger partial charge < -0.3 is 4.74 Å². The standard InChI is InChI=1S/C14H6O3/c1-2-8-7-9-5-3-4-6-10(9)12-11(8)13(15)17-14(12)16/h1,3-7H. The molecule has 0 saturated carbocycles. The van der Waals surface area contributed by atoms with Crippen LogP contribution in [0.2, 0.25) is 0 Å². The molecule has 0 amide bonds. The van der Waals surface area contributed by atoms with Gasteiger partial charge in [-0.1, -0.05) is 30.2 Å². The lowest BCUT2D eigenvalue weighted by molar-refractivity contribution is 0.0444. The number of rotatable bonds is 0. The molecule has 0 aromatic heterocycles. The summed E-state index contributed by atoms with van der Waals surface area (Å²) >= 11 is 0. The van der Waals surface area contributed by atoms with Crippen LogP contribution in [0, 0.1) is 12.3 Å². The average Bonchev–Trinajstić information content (AvgIpc) is 2.65. The normalized spacial score (nSPS) is 13.4. The van der Waals surface area contributed by atoms with Crippen LogP contribution in [0.1, 0.15) is 26.3 Å². The highest BCUT2D eigenvalue weighted by Gasteiger charge is 2.33. The summed E-state index contributed by atoms with van der Waals surface area (Å²) in [5.74, 6) is 1.13. The van der Waals surface area contributed by atoms with Crippen molar-refractivity contribution in [1.29, 1.82) is 0 Å². The van der Waals surface area contributed by atoms with Crippen LogP contribution in [0.15, 0.2) is 30.3 Å². The van der Waals surface area contributed by atoms with Crippen LogP contribution >= 0.6 is 0 Å². The molecule has 1 aliphatic rings. The fourth-order valence-corrected chi connectivity index (χ4v) is 2.07. The van der Waals surface area contributed by atoms with Crippen LogP contribution in [0.25, 0.3) is 10.8 Å². The summed E-state index contributed by atoms with van der Waals surface area (Å²) in [5, 5.41) is 1.52. The van der Waals surface area contributed by atoms with Crippen molar-refractivity contribution in [2.45, 2.75) is 0 Å². The number of fused-ring (bicyclic) bond motifs is 3. The van der Waals surface area contributed by atoms with E-state index in [1.54, 1.807) is 18.2 Å². The van der Waals surface area contributed by atoms with E-state index < -0.39 is 11.9 Å². The highest BCUT2D eigenvalue weighted by Crippen LogP contribution is 2.31. The molecule has 3 heteroatoms. The summed E-state index contributed by atoms with van der Waals surface area (Å²) in [4.78, 5) is 23.2. The Bertz CT molecular complexity index is 720. The van der Waals surface area contributed by atoms with Gasteiger partial charge in [0, 0.05) is 5.56 Å². The second-order valence-corrected chi connectivity index (χ2v) is 3.72. The van der Waals surface area contributed by atoms with Crippen molar-refractivity contribution in [1.82, 2.24) is 0 Å². The molecule has 0 radical (unpaired) electrons. The van der Waals surface area contributed by atoms with Gasteiger partial charge in [-0.05, 0) is 16.8 Å². The van der Waals surface area contributed by atoms with Gasteiger partial charge in [-0.15, -0.1) is 6.42 Å². The highest BCUT2D eigenvalue weighted by molar-refractivity contribution is 6.22. The molecule has 0 spiro atoms. The smallest absolute Gasteiger partial charge is 0.348 e. The van der Waals surface area contributed by atoms with E-state index in [-0.39, 0.29) is 11.1 Å². The SMILES string of the molecule is C#Cc1cc2ccccc2c2c1C(=O)OC2=O. The molecule has 0 fully saturated rings. The van der Waals surface area contributed by atoms with E-state index >= 15 is 0 Å². The number of hydrogen-bond donors (Lipinski definition) is 0. The lowest BCUT2D eigenvalue weighted by atomic mass is 9.96. The molecule has 17 heavy (non-hydrogen) atoms.